The lowest BCUT2D eigenvalue weighted by Crippen LogP contribution is -2.38. The van der Waals surface area contributed by atoms with E-state index < -0.39 is 0 Å². The van der Waals surface area contributed by atoms with Crippen LogP contribution in [0.2, 0.25) is 0 Å². The molecule has 0 aromatic heterocycles. The highest BCUT2D eigenvalue weighted by Gasteiger charge is 2.17. The Hall–Kier alpha value is -2.62. The van der Waals surface area contributed by atoms with Crippen molar-refractivity contribution in [1.82, 2.24) is 5.32 Å². The number of anilines is 1. The van der Waals surface area contributed by atoms with Crippen LogP contribution in [0.15, 0.2) is 60.7 Å². The van der Waals surface area contributed by atoms with E-state index in [1.54, 1.807) is 4.90 Å². The number of unbranched alkanes of at least 4 members (excludes halogenated alkanes) is 10. The molecule has 0 saturated carbocycles. The Morgan fingerprint density at radius 2 is 1.21 bits per heavy atom. The normalized spacial score (nSPS) is 10.7. The predicted octanol–water partition coefficient (Wildman–Crippen LogP) is 7.15. The molecule has 2 rings (SSSR count). The van der Waals surface area contributed by atoms with Crippen LogP contribution < -0.4 is 10.2 Å². The molecule has 0 aliphatic heterocycles. The third-order valence-corrected chi connectivity index (χ3v) is 6.00. The van der Waals surface area contributed by atoms with Gasteiger partial charge in [-0.05, 0) is 30.7 Å². The van der Waals surface area contributed by atoms with E-state index in [4.69, 9.17) is 0 Å². The van der Waals surface area contributed by atoms with Crippen LogP contribution in [-0.4, -0.2) is 24.9 Å². The summed E-state index contributed by atoms with van der Waals surface area (Å²) in [6, 6.07) is 18.9. The van der Waals surface area contributed by atoms with E-state index in [0.717, 1.165) is 18.5 Å². The molecule has 0 radical (unpaired) electrons. The molecule has 1 N–H and O–H groups in total. The number of hydrogen-bond acceptors (Lipinski definition) is 2. The van der Waals surface area contributed by atoms with Crippen molar-refractivity contribution in [3.63, 3.8) is 0 Å². The molecule has 0 bridgehead atoms. The monoisotopic (exact) mass is 450 g/mol. The average molecular weight is 451 g/mol. The van der Waals surface area contributed by atoms with Gasteiger partial charge < -0.3 is 10.2 Å². The van der Waals surface area contributed by atoms with Crippen molar-refractivity contribution in [2.45, 2.75) is 84.0 Å². The van der Waals surface area contributed by atoms with Gasteiger partial charge in [0.05, 0.1) is 0 Å². The molecule has 0 fully saturated rings. The predicted molar refractivity (Wildman–Crippen MR) is 139 cm³/mol. The van der Waals surface area contributed by atoms with Crippen molar-refractivity contribution in [1.29, 1.82) is 0 Å². The van der Waals surface area contributed by atoms with E-state index >= 15 is 0 Å². The van der Waals surface area contributed by atoms with E-state index in [0.29, 0.717) is 25.1 Å². The molecule has 0 aliphatic carbocycles. The van der Waals surface area contributed by atoms with Crippen LogP contribution in [0, 0.1) is 0 Å². The summed E-state index contributed by atoms with van der Waals surface area (Å²) < 4.78 is 0. The van der Waals surface area contributed by atoms with Gasteiger partial charge in [0.2, 0.25) is 5.91 Å². The largest absolute Gasteiger partial charge is 0.354 e. The standard InChI is InChI=1S/C29H42N2O2/c1-2-3-4-5-6-7-8-9-10-11-18-23-28(32)30-24-25-31(27-21-16-13-17-22-27)29(33)26-19-14-12-15-20-26/h12-17,19-22H,2-11,18,23-25H2,1H3,(H,30,32). The number of carbonyl (C=O) groups excluding carboxylic acids is 2. The Morgan fingerprint density at radius 1 is 0.697 bits per heavy atom. The lowest BCUT2D eigenvalue weighted by atomic mass is 10.1. The molecule has 0 atom stereocenters. The van der Waals surface area contributed by atoms with Gasteiger partial charge in [0.15, 0.2) is 0 Å². The SMILES string of the molecule is CCCCCCCCCCCCCC(=O)NCCN(C(=O)c1ccccc1)c1ccccc1. The maximum Gasteiger partial charge on any atom is 0.258 e. The van der Waals surface area contributed by atoms with Gasteiger partial charge >= 0.3 is 0 Å². The van der Waals surface area contributed by atoms with E-state index in [2.05, 4.69) is 12.2 Å². The van der Waals surface area contributed by atoms with Crippen molar-refractivity contribution in [3.05, 3.63) is 66.2 Å². The summed E-state index contributed by atoms with van der Waals surface area (Å²) in [6.45, 7) is 3.15. The van der Waals surface area contributed by atoms with Crippen molar-refractivity contribution in [3.8, 4) is 0 Å². The topological polar surface area (TPSA) is 49.4 Å². The summed E-state index contributed by atoms with van der Waals surface area (Å²) in [5.41, 5.74) is 1.49. The summed E-state index contributed by atoms with van der Waals surface area (Å²) in [7, 11) is 0. The fourth-order valence-electron chi connectivity index (χ4n) is 4.04. The molecule has 2 aromatic rings. The molecule has 0 aliphatic rings. The highest BCUT2D eigenvalue weighted by molar-refractivity contribution is 6.06. The molecule has 4 heteroatoms. The minimum absolute atomic E-state index is 0.0542. The minimum atomic E-state index is -0.0542. The smallest absolute Gasteiger partial charge is 0.258 e. The quantitative estimate of drug-likeness (QED) is 0.260. The lowest BCUT2D eigenvalue weighted by molar-refractivity contribution is -0.121. The zero-order valence-electron chi connectivity index (χ0n) is 20.4. The average Bonchev–Trinajstić information content (AvgIpc) is 2.86. The van der Waals surface area contributed by atoms with Crippen LogP contribution in [0.3, 0.4) is 0 Å². The van der Waals surface area contributed by atoms with Crippen LogP contribution in [-0.2, 0) is 4.79 Å². The number of nitrogens with one attached hydrogen (secondary N) is 1. The molecule has 2 amide bonds. The number of carbonyl (C=O) groups is 2. The Morgan fingerprint density at radius 3 is 1.79 bits per heavy atom. The first-order valence-electron chi connectivity index (χ1n) is 12.9. The molecule has 2 aromatic carbocycles. The summed E-state index contributed by atoms with van der Waals surface area (Å²) in [6.07, 6.45) is 14.6. The maximum absolute atomic E-state index is 13.0. The van der Waals surface area contributed by atoms with Crippen LogP contribution in [0.4, 0.5) is 5.69 Å². The molecule has 33 heavy (non-hydrogen) atoms. The summed E-state index contributed by atoms with van der Waals surface area (Å²) in [5.74, 6) is 0.0208. The van der Waals surface area contributed by atoms with Gasteiger partial charge in [-0.3, -0.25) is 9.59 Å². The lowest BCUT2D eigenvalue weighted by Gasteiger charge is -2.23. The Labute approximate surface area is 200 Å². The number of amides is 2. The second-order valence-electron chi connectivity index (χ2n) is 8.79. The van der Waals surface area contributed by atoms with Crippen LogP contribution in [0.1, 0.15) is 94.3 Å². The molecular formula is C29H42N2O2. The van der Waals surface area contributed by atoms with Gasteiger partial charge in [0.25, 0.3) is 5.91 Å². The molecule has 0 heterocycles. The first-order valence-corrected chi connectivity index (χ1v) is 12.9. The van der Waals surface area contributed by atoms with Gasteiger partial charge in [-0.1, -0.05) is 108 Å². The van der Waals surface area contributed by atoms with Gasteiger partial charge in [-0.2, -0.15) is 0 Å². The van der Waals surface area contributed by atoms with E-state index in [1.807, 2.05) is 60.7 Å². The number of nitrogens with zero attached hydrogens (tertiary/aromatic N) is 1. The Bertz CT molecular complexity index is 777. The maximum atomic E-state index is 13.0. The van der Waals surface area contributed by atoms with Gasteiger partial charge in [0, 0.05) is 30.8 Å². The highest BCUT2D eigenvalue weighted by Crippen LogP contribution is 2.16. The summed E-state index contributed by atoms with van der Waals surface area (Å²) in [4.78, 5) is 27.0. The van der Waals surface area contributed by atoms with Gasteiger partial charge in [-0.25, -0.2) is 0 Å². The second-order valence-corrected chi connectivity index (χ2v) is 8.79. The third kappa shape index (κ3) is 11.2. The number of para-hydroxylation sites is 1. The molecule has 0 unspecified atom stereocenters. The summed E-state index contributed by atoms with van der Waals surface area (Å²) in [5, 5.41) is 2.99. The van der Waals surface area contributed by atoms with Crippen LogP contribution in [0.25, 0.3) is 0 Å². The summed E-state index contributed by atoms with van der Waals surface area (Å²) >= 11 is 0. The first-order chi connectivity index (χ1) is 16.2. The number of rotatable bonds is 17. The Balaban J connectivity index is 1.62. The van der Waals surface area contributed by atoms with Crippen LogP contribution in [0.5, 0.6) is 0 Å². The highest BCUT2D eigenvalue weighted by atomic mass is 16.2. The van der Waals surface area contributed by atoms with Crippen molar-refractivity contribution >= 4 is 17.5 Å². The third-order valence-electron chi connectivity index (χ3n) is 6.00. The zero-order chi connectivity index (χ0) is 23.6. The zero-order valence-corrected chi connectivity index (χ0v) is 20.4. The minimum Gasteiger partial charge on any atom is -0.354 e. The molecule has 180 valence electrons. The van der Waals surface area contributed by atoms with E-state index in [-0.39, 0.29) is 11.8 Å². The molecule has 0 spiro atoms. The van der Waals surface area contributed by atoms with Crippen LogP contribution >= 0.6 is 0 Å². The van der Waals surface area contributed by atoms with E-state index in [1.165, 1.54) is 57.8 Å². The first kappa shape index (κ1) is 26.6. The molecule has 4 nitrogen and oxygen atoms in total. The van der Waals surface area contributed by atoms with Gasteiger partial charge in [-0.15, -0.1) is 0 Å². The second kappa shape index (κ2) is 16.9. The van der Waals surface area contributed by atoms with Crippen molar-refractivity contribution < 1.29 is 9.59 Å². The fraction of sp³-hybridized carbons (Fsp3) is 0.517. The molecule has 0 saturated heterocycles. The number of hydrogen-bond donors (Lipinski definition) is 1. The molecular weight excluding hydrogens is 408 g/mol. The fourth-order valence-corrected chi connectivity index (χ4v) is 4.04. The van der Waals surface area contributed by atoms with E-state index in [9.17, 15) is 9.59 Å². The Kier molecular flexibility index (Phi) is 13.7. The van der Waals surface area contributed by atoms with Gasteiger partial charge in [0.1, 0.15) is 0 Å². The van der Waals surface area contributed by atoms with Crippen molar-refractivity contribution in [2.75, 3.05) is 18.0 Å². The van der Waals surface area contributed by atoms with Crippen molar-refractivity contribution in [2.24, 2.45) is 0 Å². The number of benzene rings is 2.